The van der Waals surface area contributed by atoms with Crippen LogP contribution in [-0.2, 0) is 6.54 Å². The number of nitrogens with zero attached hydrogens (tertiary/aromatic N) is 2. The number of pyridine rings is 1. The van der Waals surface area contributed by atoms with Crippen molar-refractivity contribution in [3.63, 3.8) is 0 Å². The first kappa shape index (κ1) is 13.7. The third-order valence-electron chi connectivity index (χ3n) is 2.53. The summed E-state index contributed by atoms with van der Waals surface area (Å²) in [5.74, 6) is -1.32. The van der Waals surface area contributed by atoms with Crippen LogP contribution in [0.5, 0.6) is 0 Å². The Hall–Kier alpha value is -1.76. The average Bonchev–Trinajstić information content (AvgIpc) is 2.77. The predicted octanol–water partition coefficient (Wildman–Crippen LogP) is 3.17. The van der Waals surface area contributed by atoms with E-state index in [0.717, 1.165) is 16.6 Å². The number of nitrogens with one attached hydrogen (secondary N) is 2. The van der Waals surface area contributed by atoms with Gasteiger partial charge in [-0.2, -0.15) is 0 Å². The summed E-state index contributed by atoms with van der Waals surface area (Å²) in [6.07, 6.45) is 0. The van der Waals surface area contributed by atoms with Gasteiger partial charge >= 0.3 is 0 Å². The van der Waals surface area contributed by atoms with E-state index in [9.17, 15) is 8.78 Å². The fraction of sp³-hybridized carbons (Fsp3) is 0.333. The summed E-state index contributed by atoms with van der Waals surface area (Å²) < 4.78 is 27.0. The third kappa shape index (κ3) is 3.17. The summed E-state index contributed by atoms with van der Waals surface area (Å²) in [6, 6.07) is 0.826. The maximum absolute atomic E-state index is 13.6. The van der Waals surface area contributed by atoms with Crippen molar-refractivity contribution in [2.75, 3.05) is 17.2 Å². The molecule has 0 unspecified atom stereocenters. The molecule has 0 aromatic carbocycles. The molecule has 0 saturated heterocycles. The molecule has 0 radical (unpaired) electrons. The first-order chi connectivity index (χ1) is 9.11. The lowest BCUT2D eigenvalue weighted by molar-refractivity contribution is 0.578. The first-order valence-corrected chi connectivity index (χ1v) is 6.72. The maximum Gasteiger partial charge on any atom is 0.168 e. The van der Waals surface area contributed by atoms with E-state index in [1.54, 1.807) is 5.51 Å². The van der Waals surface area contributed by atoms with E-state index >= 15 is 0 Å². The van der Waals surface area contributed by atoms with Crippen LogP contribution in [0.15, 0.2) is 11.6 Å². The molecule has 0 aliphatic carbocycles. The van der Waals surface area contributed by atoms with Crippen molar-refractivity contribution in [1.82, 2.24) is 9.97 Å². The summed E-state index contributed by atoms with van der Waals surface area (Å²) in [5.41, 5.74) is 2.62. The zero-order valence-corrected chi connectivity index (χ0v) is 11.4. The molecule has 102 valence electrons. The Morgan fingerprint density at radius 3 is 2.47 bits per heavy atom. The lowest BCUT2D eigenvalue weighted by Crippen LogP contribution is -2.08. The van der Waals surface area contributed by atoms with Crippen LogP contribution in [0.25, 0.3) is 0 Å². The van der Waals surface area contributed by atoms with Gasteiger partial charge in [0.1, 0.15) is 0 Å². The van der Waals surface area contributed by atoms with E-state index in [0.29, 0.717) is 13.1 Å². The Kier molecular flexibility index (Phi) is 4.26. The van der Waals surface area contributed by atoms with E-state index in [1.807, 2.05) is 13.8 Å². The zero-order chi connectivity index (χ0) is 13.8. The highest BCUT2D eigenvalue weighted by atomic mass is 32.1. The topological polar surface area (TPSA) is 49.8 Å². The van der Waals surface area contributed by atoms with Crippen molar-refractivity contribution in [1.29, 1.82) is 0 Å². The van der Waals surface area contributed by atoms with Gasteiger partial charge in [0.25, 0.3) is 0 Å². The molecular formula is C12H14F2N4S. The Labute approximate surface area is 113 Å². The number of aromatic nitrogens is 2. The summed E-state index contributed by atoms with van der Waals surface area (Å²) in [5, 5.41) is 5.61. The Bertz CT molecular complexity index is 571. The minimum absolute atomic E-state index is 0.0325. The molecule has 0 amide bonds. The van der Waals surface area contributed by atoms with Crippen LogP contribution in [0, 0.1) is 18.6 Å². The second kappa shape index (κ2) is 5.92. The van der Waals surface area contributed by atoms with Crippen molar-refractivity contribution in [3.05, 3.63) is 33.8 Å². The molecule has 2 aromatic rings. The Balaban J connectivity index is 2.15. The van der Waals surface area contributed by atoms with Crippen LogP contribution >= 0.6 is 11.3 Å². The van der Waals surface area contributed by atoms with E-state index in [4.69, 9.17) is 0 Å². The van der Waals surface area contributed by atoms with Crippen molar-refractivity contribution >= 4 is 23.0 Å². The zero-order valence-electron chi connectivity index (χ0n) is 10.6. The summed E-state index contributed by atoms with van der Waals surface area (Å²) in [6.45, 7) is 4.63. The molecule has 2 aromatic heterocycles. The van der Waals surface area contributed by atoms with Gasteiger partial charge < -0.3 is 10.6 Å². The standard InChI is InChI=1S/C12H14F2N4S/c1-3-15-11-8(13)4-9(14)12(18-11)16-5-10-7(2)17-6-19-10/h4,6H,3,5H2,1-2H3,(H2,15,16,18). The number of aryl methyl sites for hydroxylation is 1. The van der Waals surface area contributed by atoms with E-state index in [-0.39, 0.29) is 11.6 Å². The third-order valence-corrected chi connectivity index (χ3v) is 3.47. The van der Waals surface area contributed by atoms with Crippen LogP contribution in [0.3, 0.4) is 0 Å². The molecule has 0 bridgehead atoms. The first-order valence-electron chi connectivity index (χ1n) is 5.84. The van der Waals surface area contributed by atoms with Gasteiger partial charge in [-0.05, 0) is 13.8 Å². The number of thiazole rings is 1. The lowest BCUT2D eigenvalue weighted by atomic mass is 10.3. The molecule has 7 heteroatoms. The Morgan fingerprint density at radius 2 is 1.89 bits per heavy atom. The minimum Gasteiger partial charge on any atom is -0.368 e. The van der Waals surface area contributed by atoms with Crippen molar-refractivity contribution < 1.29 is 8.78 Å². The summed E-state index contributed by atoms with van der Waals surface area (Å²) in [7, 11) is 0. The van der Waals surface area contributed by atoms with Gasteiger partial charge in [-0.15, -0.1) is 11.3 Å². The predicted molar refractivity (Wildman–Crippen MR) is 72.5 cm³/mol. The van der Waals surface area contributed by atoms with Crippen molar-refractivity contribution in [2.24, 2.45) is 0 Å². The minimum atomic E-state index is -0.707. The molecule has 0 saturated carbocycles. The Morgan fingerprint density at radius 1 is 1.21 bits per heavy atom. The molecular weight excluding hydrogens is 270 g/mol. The van der Waals surface area contributed by atoms with Gasteiger partial charge in [0, 0.05) is 17.5 Å². The second-order valence-corrected chi connectivity index (χ2v) is 4.83. The molecule has 2 heterocycles. The monoisotopic (exact) mass is 284 g/mol. The van der Waals surface area contributed by atoms with Gasteiger partial charge in [-0.25, -0.2) is 18.7 Å². The second-order valence-electron chi connectivity index (χ2n) is 3.89. The SMILES string of the molecule is CCNc1nc(NCc2scnc2C)c(F)cc1F. The fourth-order valence-corrected chi connectivity index (χ4v) is 2.26. The van der Waals surface area contributed by atoms with Crippen LogP contribution in [0.2, 0.25) is 0 Å². The highest BCUT2D eigenvalue weighted by Crippen LogP contribution is 2.20. The number of anilines is 2. The molecule has 0 atom stereocenters. The van der Waals surface area contributed by atoms with Crippen LogP contribution in [0.1, 0.15) is 17.5 Å². The van der Waals surface area contributed by atoms with E-state index in [1.165, 1.54) is 11.3 Å². The maximum atomic E-state index is 13.6. The van der Waals surface area contributed by atoms with Crippen LogP contribution < -0.4 is 10.6 Å². The number of hydrogen-bond donors (Lipinski definition) is 2. The van der Waals surface area contributed by atoms with Gasteiger partial charge in [0.15, 0.2) is 23.3 Å². The normalized spacial score (nSPS) is 10.5. The highest BCUT2D eigenvalue weighted by Gasteiger charge is 2.12. The molecule has 2 N–H and O–H groups in total. The van der Waals surface area contributed by atoms with Crippen molar-refractivity contribution in [2.45, 2.75) is 20.4 Å². The van der Waals surface area contributed by atoms with E-state index in [2.05, 4.69) is 20.6 Å². The number of hydrogen-bond acceptors (Lipinski definition) is 5. The van der Waals surface area contributed by atoms with Gasteiger partial charge in [-0.1, -0.05) is 0 Å². The highest BCUT2D eigenvalue weighted by molar-refractivity contribution is 7.09. The smallest absolute Gasteiger partial charge is 0.168 e. The molecule has 4 nitrogen and oxygen atoms in total. The van der Waals surface area contributed by atoms with Crippen LogP contribution in [0.4, 0.5) is 20.4 Å². The number of rotatable bonds is 5. The largest absolute Gasteiger partial charge is 0.368 e. The quantitative estimate of drug-likeness (QED) is 0.885. The molecule has 0 spiro atoms. The summed E-state index contributed by atoms with van der Waals surface area (Å²) >= 11 is 1.48. The van der Waals surface area contributed by atoms with Gasteiger partial charge in [-0.3, -0.25) is 0 Å². The summed E-state index contributed by atoms with van der Waals surface area (Å²) in [4.78, 5) is 9.00. The molecule has 2 rings (SSSR count). The molecule has 19 heavy (non-hydrogen) atoms. The average molecular weight is 284 g/mol. The van der Waals surface area contributed by atoms with E-state index < -0.39 is 11.6 Å². The van der Waals surface area contributed by atoms with Crippen molar-refractivity contribution in [3.8, 4) is 0 Å². The molecule has 0 aliphatic heterocycles. The lowest BCUT2D eigenvalue weighted by Gasteiger charge is -2.09. The van der Waals surface area contributed by atoms with Crippen LogP contribution in [-0.4, -0.2) is 16.5 Å². The molecule has 0 fully saturated rings. The fourth-order valence-electron chi connectivity index (χ4n) is 1.54. The van der Waals surface area contributed by atoms with Gasteiger partial charge in [0.05, 0.1) is 17.7 Å². The van der Waals surface area contributed by atoms with Gasteiger partial charge in [0.2, 0.25) is 0 Å². The number of halogens is 2. The molecule has 0 aliphatic rings.